The van der Waals surface area contributed by atoms with Crippen molar-refractivity contribution in [3.8, 4) is 0 Å². The van der Waals surface area contributed by atoms with Crippen LogP contribution in [0, 0.1) is 6.92 Å². The van der Waals surface area contributed by atoms with Crippen molar-refractivity contribution in [1.29, 1.82) is 0 Å². The molecule has 6 heteroatoms. The summed E-state index contributed by atoms with van der Waals surface area (Å²) < 4.78 is 1.23. The fraction of sp³-hybridized carbons (Fsp3) is 0.348. The Kier molecular flexibility index (Phi) is 6.02. The lowest BCUT2D eigenvalue weighted by atomic mass is 10.0. The van der Waals surface area contributed by atoms with Gasteiger partial charge in [0, 0.05) is 18.4 Å². The zero-order chi connectivity index (χ0) is 20.2. The van der Waals surface area contributed by atoms with E-state index in [1.807, 2.05) is 48.2 Å². The number of ketones is 1. The molecular formula is C23H26N3O2S+. The Hall–Kier alpha value is -2.57. The maximum Gasteiger partial charge on any atom is 0.223 e. The van der Waals surface area contributed by atoms with Crippen LogP contribution in [-0.2, 0) is 11.3 Å². The molecule has 1 aromatic heterocycles. The van der Waals surface area contributed by atoms with Crippen molar-refractivity contribution in [3.63, 3.8) is 0 Å². The number of hydrogen-bond donors (Lipinski definition) is 1. The van der Waals surface area contributed by atoms with Gasteiger partial charge in [0.2, 0.25) is 5.91 Å². The minimum Gasteiger partial charge on any atom is -0.331 e. The van der Waals surface area contributed by atoms with E-state index in [0.717, 1.165) is 48.8 Å². The van der Waals surface area contributed by atoms with E-state index >= 15 is 0 Å². The summed E-state index contributed by atoms with van der Waals surface area (Å²) in [6.07, 6.45) is 0.570. The van der Waals surface area contributed by atoms with Crippen molar-refractivity contribution < 1.29 is 14.5 Å². The van der Waals surface area contributed by atoms with Crippen LogP contribution in [0.5, 0.6) is 0 Å². The standard InChI is InChI=1S/C23H25N3O2S/c1-17-6-8-18(9-7-17)20(27)10-11-23(28)26-14-12-25(13-15-26)16-22-24-19-4-2-3-5-21(19)29-22/h2-9H,10-16H2,1H3/p+1. The number of piperazine rings is 1. The number of carbonyl (C=O) groups excluding carboxylic acids is 2. The van der Waals surface area contributed by atoms with Crippen LogP contribution in [0.3, 0.4) is 0 Å². The minimum absolute atomic E-state index is 0.0402. The lowest BCUT2D eigenvalue weighted by molar-refractivity contribution is -0.917. The summed E-state index contributed by atoms with van der Waals surface area (Å²) in [4.78, 5) is 32.9. The van der Waals surface area contributed by atoms with E-state index in [4.69, 9.17) is 4.98 Å². The number of benzene rings is 2. The van der Waals surface area contributed by atoms with Gasteiger partial charge in [0.25, 0.3) is 0 Å². The summed E-state index contributed by atoms with van der Waals surface area (Å²) in [5.41, 5.74) is 2.89. The van der Waals surface area contributed by atoms with Crippen molar-refractivity contribution in [2.45, 2.75) is 26.3 Å². The van der Waals surface area contributed by atoms with Crippen LogP contribution in [0.15, 0.2) is 48.5 Å². The Bertz CT molecular complexity index is 971. The highest BCUT2D eigenvalue weighted by Crippen LogP contribution is 2.20. The van der Waals surface area contributed by atoms with Crippen molar-refractivity contribution in [3.05, 3.63) is 64.7 Å². The molecule has 3 aromatic rings. The normalized spacial score (nSPS) is 15.0. The Morgan fingerprint density at radius 3 is 2.48 bits per heavy atom. The number of quaternary nitrogens is 1. The molecule has 1 N–H and O–H groups in total. The van der Waals surface area contributed by atoms with Crippen LogP contribution in [0.25, 0.3) is 10.2 Å². The smallest absolute Gasteiger partial charge is 0.223 e. The molecule has 1 aliphatic heterocycles. The summed E-state index contributed by atoms with van der Waals surface area (Å²) in [5, 5.41) is 1.16. The SMILES string of the molecule is Cc1ccc(C(=O)CCC(=O)N2CC[NH+](Cc3nc4ccccc4s3)CC2)cc1. The molecule has 1 saturated heterocycles. The second-order valence-corrected chi connectivity index (χ2v) is 8.79. The number of hydrogen-bond acceptors (Lipinski definition) is 4. The first-order valence-corrected chi connectivity index (χ1v) is 11.0. The average Bonchev–Trinajstić information content (AvgIpc) is 3.15. The number of rotatable bonds is 6. The third-order valence-electron chi connectivity index (χ3n) is 5.50. The van der Waals surface area contributed by atoms with E-state index in [2.05, 4.69) is 12.1 Å². The van der Waals surface area contributed by atoms with Gasteiger partial charge in [0.15, 0.2) is 5.78 Å². The van der Waals surface area contributed by atoms with Gasteiger partial charge in [-0.25, -0.2) is 4.98 Å². The second kappa shape index (κ2) is 8.84. The Morgan fingerprint density at radius 1 is 1.03 bits per heavy atom. The summed E-state index contributed by atoms with van der Waals surface area (Å²) in [5.74, 6) is 0.128. The van der Waals surface area contributed by atoms with Crippen LogP contribution in [0.2, 0.25) is 0 Å². The maximum atomic E-state index is 12.5. The van der Waals surface area contributed by atoms with E-state index in [9.17, 15) is 9.59 Å². The van der Waals surface area contributed by atoms with Crippen molar-refractivity contribution in [2.75, 3.05) is 26.2 Å². The third kappa shape index (κ3) is 4.89. The molecule has 4 rings (SSSR count). The van der Waals surface area contributed by atoms with E-state index in [-0.39, 0.29) is 18.1 Å². The zero-order valence-electron chi connectivity index (χ0n) is 16.7. The fourth-order valence-electron chi connectivity index (χ4n) is 3.72. The lowest BCUT2D eigenvalue weighted by Crippen LogP contribution is -3.13. The summed E-state index contributed by atoms with van der Waals surface area (Å²) >= 11 is 1.76. The van der Waals surface area contributed by atoms with Crippen LogP contribution in [0.4, 0.5) is 0 Å². The molecule has 0 atom stereocenters. The maximum absolute atomic E-state index is 12.5. The van der Waals surface area contributed by atoms with E-state index < -0.39 is 0 Å². The van der Waals surface area contributed by atoms with Gasteiger partial charge in [-0.3, -0.25) is 9.59 Å². The van der Waals surface area contributed by atoms with Gasteiger partial charge in [0.1, 0.15) is 11.6 Å². The number of thiazole rings is 1. The summed E-state index contributed by atoms with van der Waals surface area (Å²) in [6, 6.07) is 15.8. The van der Waals surface area contributed by atoms with Gasteiger partial charge in [-0.2, -0.15) is 0 Å². The number of Topliss-reactive ketones (excluding diaryl/α,β-unsaturated/α-hetero) is 1. The molecule has 0 unspecified atom stereocenters. The highest BCUT2D eigenvalue weighted by atomic mass is 32.1. The van der Waals surface area contributed by atoms with Crippen LogP contribution >= 0.6 is 11.3 Å². The average molecular weight is 409 g/mol. The first-order chi connectivity index (χ1) is 14.1. The summed E-state index contributed by atoms with van der Waals surface area (Å²) in [6.45, 7) is 6.25. The second-order valence-electron chi connectivity index (χ2n) is 7.67. The van der Waals surface area contributed by atoms with Crippen LogP contribution < -0.4 is 4.90 Å². The van der Waals surface area contributed by atoms with Gasteiger partial charge in [-0.15, -0.1) is 11.3 Å². The molecular weight excluding hydrogens is 382 g/mol. The van der Waals surface area contributed by atoms with Gasteiger partial charge in [-0.05, 0) is 19.1 Å². The number of aromatic nitrogens is 1. The highest BCUT2D eigenvalue weighted by Gasteiger charge is 2.25. The molecule has 0 saturated carbocycles. The van der Waals surface area contributed by atoms with Gasteiger partial charge >= 0.3 is 0 Å². The minimum atomic E-state index is 0.0402. The molecule has 1 aliphatic rings. The molecule has 29 heavy (non-hydrogen) atoms. The highest BCUT2D eigenvalue weighted by molar-refractivity contribution is 7.18. The van der Waals surface area contributed by atoms with Crippen molar-refractivity contribution in [1.82, 2.24) is 9.88 Å². The molecule has 1 fully saturated rings. The molecule has 5 nitrogen and oxygen atoms in total. The molecule has 2 aromatic carbocycles. The molecule has 0 radical (unpaired) electrons. The molecule has 150 valence electrons. The molecule has 0 bridgehead atoms. The number of nitrogens with zero attached hydrogens (tertiary/aromatic N) is 2. The largest absolute Gasteiger partial charge is 0.331 e. The summed E-state index contributed by atoms with van der Waals surface area (Å²) in [7, 11) is 0. The lowest BCUT2D eigenvalue weighted by Gasteiger charge is -2.31. The van der Waals surface area contributed by atoms with Crippen molar-refractivity contribution >= 4 is 33.2 Å². The molecule has 1 amide bonds. The number of nitrogens with one attached hydrogen (secondary N) is 1. The monoisotopic (exact) mass is 408 g/mol. The van der Waals surface area contributed by atoms with Crippen LogP contribution in [0.1, 0.15) is 33.8 Å². The predicted octanol–water partition coefficient (Wildman–Crippen LogP) is 2.49. The number of carbonyl (C=O) groups is 2. The fourth-order valence-corrected chi connectivity index (χ4v) is 4.76. The Morgan fingerprint density at radius 2 is 1.76 bits per heavy atom. The van der Waals surface area contributed by atoms with E-state index in [1.54, 1.807) is 11.3 Å². The Labute approximate surface area is 175 Å². The molecule has 0 spiro atoms. The van der Waals surface area contributed by atoms with Gasteiger partial charge in [0.05, 0.1) is 36.4 Å². The van der Waals surface area contributed by atoms with E-state index in [0.29, 0.717) is 12.0 Å². The topological polar surface area (TPSA) is 54.7 Å². The molecule has 0 aliphatic carbocycles. The predicted molar refractivity (Wildman–Crippen MR) is 115 cm³/mol. The third-order valence-corrected chi connectivity index (χ3v) is 6.54. The molecule has 2 heterocycles. The number of fused-ring (bicyclic) bond motifs is 1. The quantitative estimate of drug-likeness (QED) is 0.638. The first-order valence-electron chi connectivity index (χ1n) is 10.1. The number of amides is 1. The first kappa shape index (κ1) is 19.7. The van der Waals surface area contributed by atoms with Gasteiger partial charge < -0.3 is 9.80 Å². The van der Waals surface area contributed by atoms with Crippen molar-refractivity contribution in [2.24, 2.45) is 0 Å². The zero-order valence-corrected chi connectivity index (χ0v) is 17.5. The van der Waals surface area contributed by atoms with Crippen LogP contribution in [-0.4, -0.2) is 47.8 Å². The Balaban J connectivity index is 1.24. The number of aryl methyl sites for hydroxylation is 1. The number of para-hydroxylation sites is 1. The van der Waals surface area contributed by atoms with E-state index in [1.165, 1.54) is 9.60 Å². The van der Waals surface area contributed by atoms with Gasteiger partial charge in [-0.1, -0.05) is 42.0 Å².